The lowest BCUT2D eigenvalue weighted by Gasteiger charge is -2.29. The molecule has 0 bridgehead atoms. The van der Waals surface area contributed by atoms with Gasteiger partial charge in [0.05, 0.1) is 26.9 Å². The summed E-state index contributed by atoms with van der Waals surface area (Å²) in [6, 6.07) is 59.5. The molecule has 10 aromatic rings. The van der Waals surface area contributed by atoms with Crippen molar-refractivity contribution in [3.8, 4) is 5.69 Å². The molecule has 0 spiro atoms. The molecule has 48 heavy (non-hydrogen) atoms. The first-order valence-electron chi connectivity index (χ1n) is 16.1. The van der Waals surface area contributed by atoms with E-state index in [1.54, 1.807) is 0 Å². The Morgan fingerprint density at radius 3 is 1.56 bits per heavy atom. The van der Waals surface area contributed by atoms with Crippen LogP contribution in [0.3, 0.4) is 0 Å². The normalized spacial score (nSPS) is 11.9. The first-order chi connectivity index (χ1) is 23.7. The monoisotopic (exact) mass is 694 g/mol. The molecule has 0 saturated carbocycles. The fourth-order valence-electron chi connectivity index (χ4n) is 7.42. The van der Waals surface area contributed by atoms with Gasteiger partial charge in [-0.05, 0) is 86.0 Å². The Morgan fingerprint density at radius 1 is 0.458 bits per heavy atom. The zero-order chi connectivity index (χ0) is 31.8. The molecule has 0 unspecified atom stereocenters. The summed E-state index contributed by atoms with van der Waals surface area (Å²) in [5.41, 5.74) is 6.85. The minimum Gasteiger partial charge on any atom is -0.309 e. The Kier molecular flexibility index (Phi) is 6.23. The number of rotatable bonds is 4. The molecule has 4 heteroatoms. The first-order valence-corrected chi connectivity index (χ1v) is 17.7. The van der Waals surface area contributed by atoms with Crippen molar-refractivity contribution in [2.45, 2.75) is 0 Å². The van der Waals surface area contributed by atoms with E-state index in [0.29, 0.717) is 0 Å². The van der Waals surface area contributed by atoms with Gasteiger partial charge in [-0.3, -0.25) is 0 Å². The quantitative estimate of drug-likeness (QED) is 0.178. The lowest BCUT2D eigenvalue weighted by molar-refractivity contribution is 1.18. The van der Waals surface area contributed by atoms with Crippen molar-refractivity contribution in [2.75, 3.05) is 4.90 Å². The Bertz CT molecular complexity index is 2750. The van der Waals surface area contributed by atoms with Gasteiger partial charge in [-0.1, -0.05) is 115 Å². The van der Waals surface area contributed by atoms with E-state index in [0.717, 1.165) is 27.2 Å². The first kappa shape index (κ1) is 27.7. The molecular weight excluding hydrogens is 668 g/mol. The molecule has 0 radical (unpaired) electrons. The number of benzene rings is 8. The van der Waals surface area contributed by atoms with Crippen LogP contribution in [0.4, 0.5) is 17.1 Å². The maximum Gasteiger partial charge on any atom is 0.0718 e. The number of anilines is 3. The number of fused-ring (bicyclic) bond motifs is 8. The molecule has 2 nitrogen and oxygen atoms in total. The molecular formula is C44H27BrN2S. The lowest BCUT2D eigenvalue weighted by atomic mass is 10.0. The number of aromatic nitrogens is 1. The summed E-state index contributed by atoms with van der Waals surface area (Å²) in [4.78, 5) is 2.42. The van der Waals surface area contributed by atoms with Gasteiger partial charge in [-0.15, -0.1) is 11.3 Å². The lowest BCUT2D eigenvalue weighted by Crippen LogP contribution is -2.12. The van der Waals surface area contributed by atoms with Crippen LogP contribution in [0.15, 0.2) is 168 Å². The number of hydrogen-bond donors (Lipinski definition) is 0. The molecule has 0 N–H and O–H groups in total. The Labute approximate surface area is 289 Å². The van der Waals surface area contributed by atoms with Gasteiger partial charge in [0.2, 0.25) is 0 Å². The van der Waals surface area contributed by atoms with Crippen molar-refractivity contribution in [1.29, 1.82) is 0 Å². The molecule has 0 saturated heterocycles. The van der Waals surface area contributed by atoms with Crippen molar-refractivity contribution in [1.82, 2.24) is 4.57 Å². The largest absolute Gasteiger partial charge is 0.309 e. The van der Waals surface area contributed by atoms with Crippen molar-refractivity contribution in [3.63, 3.8) is 0 Å². The molecule has 2 aromatic heterocycles. The van der Waals surface area contributed by atoms with E-state index in [2.05, 4.69) is 189 Å². The van der Waals surface area contributed by atoms with E-state index in [1.165, 1.54) is 63.5 Å². The summed E-state index contributed by atoms with van der Waals surface area (Å²) >= 11 is 6.16. The van der Waals surface area contributed by atoms with Gasteiger partial charge in [-0.2, -0.15) is 0 Å². The maximum atomic E-state index is 4.30. The van der Waals surface area contributed by atoms with Gasteiger partial charge in [0, 0.05) is 42.3 Å². The molecule has 0 aliphatic rings. The second kappa shape index (κ2) is 10.8. The number of para-hydroxylation sites is 2. The van der Waals surface area contributed by atoms with Crippen LogP contribution in [-0.4, -0.2) is 4.57 Å². The number of halogens is 1. The summed E-state index contributed by atoms with van der Waals surface area (Å²) in [5.74, 6) is 0. The fourth-order valence-corrected chi connectivity index (χ4v) is 9.23. The second-order valence-corrected chi connectivity index (χ2v) is 14.2. The highest BCUT2D eigenvalue weighted by atomic mass is 79.9. The third kappa shape index (κ3) is 4.16. The van der Waals surface area contributed by atoms with E-state index >= 15 is 0 Å². The molecule has 0 atom stereocenters. The minimum atomic E-state index is 1.05. The molecule has 0 fully saturated rings. The summed E-state index contributed by atoms with van der Waals surface area (Å²) in [7, 11) is 0. The Hall–Kier alpha value is -5.42. The van der Waals surface area contributed by atoms with Crippen LogP contribution in [0.1, 0.15) is 0 Å². The van der Waals surface area contributed by atoms with Crippen molar-refractivity contribution >= 4 is 108 Å². The molecule has 226 valence electrons. The summed E-state index contributed by atoms with van der Waals surface area (Å²) < 4.78 is 6.05. The average Bonchev–Trinajstić information content (AvgIpc) is 3.68. The predicted octanol–water partition coefficient (Wildman–Crippen LogP) is 13.7. The van der Waals surface area contributed by atoms with E-state index < -0.39 is 0 Å². The van der Waals surface area contributed by atoms with Crippen LogP contribution in [-0.2, 0) is 0 Å². The van der Waals surface area contributed by atoms with Crippen LogP contribution >= 0.6 is 27.3 Å². The van der Waals surface area contributed by atoms with Crippen molar-refractivity contribution in [3.05, 3.63) is 168 Å². The fraction of sp³-hybridized carbons (Fsp3) is 0. The standard InChI is InChI=1S/C44H27BrN2S/c45-43-39(46(32-23-21-28-11-1-3-13-30(28)25-32)33-24-22-29-12-2-4-14-31(29)26-33)27-41-42(36-17-7-10-20-40(36)48-41)44(43)47-37-18-8-5-15-34(37)35-16-6-9-19-38(35)47/h1-27H. The van der Waals surface area contributed by atoms with E-state index in [9.17, 15) is 0 Å². The van der Waals surface area contributed by atoms with Gasteiger partial charge < -0.3 is 9.47 Å². The summed E-state index contributed by atoms with van der Waals surface area (Å²) in [5, 5.41) is 9.90. The molecule has 8 aromatic carbocycles. The Balaban J connectivity index is 1.36. The number of nitrogens with zero attached hydrogens (tertiary/aromatic N) is 2. The van der Waals surface area contributed by atoms with Crippen molar-refractivity contribution < 1.29 is 0 Å². The van der Waals surface area contributed by atoms with Crippen LogP contribution in [0, 0.1) is 0 Å². The van der Waals surface area contributed by atoms with Crippen LogP contribution in [0.2, 0.25) is 0 Å². The number of hydrogen-bond acceptors (Lipinski definition) is 2. The van der Waals surface area contributed by atoms with Gasteiger partial charge in [0.15, 0.2) is 0 Å². The summed E-state index contributed by atoms with van der Waals surface area (Å²) in [6.07, 6.45) is 0. The minimum absolute atomic E-state index is 1.05. The number of thiophene rings is 1. The van der Waals surface area contributed by atoms with Gasteiger partial charge in [0.25, 0.3) is 0 Å². The van der Waals surface area contributed by atoms with Crippen LogP contribution in [0.5, 0.6) is 0 Å². The SMILES string of the molecule is Brc1c(N(c2ccc3ccccc3c2)c2ccc3ccccc3c2)cc2sc3ccccc3c2c1-n1c2ccccc2c2ccccc21. The van der Waals surface area contributed by atoms with Gasteiger partial charge in [0.1, 0.15) is 0 Å². The topological polar surface area (TPSA) is 8.17 Å². The Morgan fingerprint density at radius 2 is 0.958 bits per heavy atom. The van der Waals surface area contributed by atoms with E-state index in [4.69, 9.17) is 0 Å². The van der Waals surface area contributed by atoms with E-state index in [1.807, 2.05) is 11.3 Å². The zero-order valence-electron chi connectivity index (χ0n) is 25.8. The average molecular weight is 696 g/mol. The third-order valence-corrected chi connectivity index (χ3v) is 11.5. The van der Waals surface area contributed by atoms with Crippen LogP contribution in [0.25, 0.3) is 69.2 Å². The molecule has 2 heterocycles. The van der Waals surface area contributed by atoms with Gasteiger partial charge in [-0.25, -0.2) is 0 Å². The molecule has 0 aliphatic heterocycles. The van der Waals surface area contributed by atoms with E-state index in [-0.39, 0.29) is 0 Å². The zero-order valence-corrected chi connectivity index (χ0v) is 28.2. The molecule has 10 rings (SSSR count). The molecule has 0 amide bonds. The molecule has 0 aliphatic carbocycles. The summed E-state index contributed by atoms with van der Waals surface area (Å²) in [6.45, 7) is 0. The van der Waals surface area contributed by atoms with Gasteiger partial charge >= 0.3 is 0 Å². The smallest absolute Gasteiger partial charge is 0.0718 e. The predicted molar refractivity (Wildman–Crippen MR) is 211 cm³/mol. The highest BCUT2D eigenvalue weighted by molar-refractivity contribution is 9.10. The third-order valence-electron chi connectivity index (χ3n) is 9.59. The highest BCUT2D eigenvalue weighted by Gasteiger charge is 2.25. The maximum absolute atomic E-state index is 4.30. The highest BCUT2D eigenvalue weighted by Crippen LogP contribution is 2.50. The van der Waals surface area contributed by atoms with Crippen molar-refractivity contribution in [2.24, 2.45) is 0 Å². The second-order valence-electron chi connectivity index (χ2n) is 12.3. The van der Waals surface area contributed by atoms with Crippen LogP contribution < -0.4 is 4.90 Å².